The Balaban J connectivity index is 1.39. The number of rotatable bonds is 3. The molecule has 2 aliphatic heterocycles. The zero-order valence-electron chi connectivity index (χ0n) is 19.2. The zero-order valence-corrected chi connectivity index (χ0v) is 19.2. The molecule has 5 N–H and O–H groups in total. The first-order chi connectivity index (χ1) is 16.2. The number of nitrogens with two attached hydrogens (primary N) is 1. The third-order valence-corrected chi connectivity index (χ3v) is 6.15. The van der Waals surface area contributed by atoms with Crippen LogP contribution in [0.4, 0.5) is 22.1 Å². The number of likely N-dealkylation sites (tertiary alicyclic amines) is 1. The van der Waals surface area contributed by atoms with E-state index in [2.05, 4.69) is 30.9 Å². The fourth-order valence-corrected chi connectivity index (χ4v) is 4.38. The maximum absolute atomic E-state index is 12.5. The lowest BCUT2D eigenvalue weighted by Gasteiger charge is -2.47. The van der Waals surface area contributed by atoms with E-state index in [9.17, 15) is 9.59 Å². The second-order valence-corrected chi connectivity index (χ2v) is 8.95. The molecule has 3 amide bonds. The normalized spacial score (nSPS) is 16.0. The number of nitrogens with one attached hydrogen (secondary N) is 3. The maximum atomic E-state index is 12.5. The Morgan fingerprint density at radius 3 is 2.79 bits per heavy atom. The Kier molecular flexibility index (Phi) is 5.11. The Morgan fingerprint density at radius 2 is 2.03 bits per heavy atom. The van der Waals surface area contributed by atoms with E-state index in [4.69, 9.17) is 10.5 Å². The van der Waals surface area contributed by atoms with E-state index in [0.717, 1.165) is 22.2 Å². The van der Waals surface area contributed by atoms with Crippen molar-refractivity contribution in [2.75, 3.05) is 42.6 Å². The first-order valence-corrected chi connectivity index (χ1v) is 11.0. The number of anilines is 3. The predicted octanol–water partition coefficient (Wildman–Crippen LogP) is 2.13. The van der Waals surface area contributed by atoms with Crippen LogP contribution in [0, 0.1) is 6.92 Å². The molecule has 34 heavy (non-hydrogen) atoms. The molecule has 0 bridgehead atoms. The molecule has 1 fully saturated rings. The van der Waals surface area contributed by atoms with Gasteiger partial charge in [-0.05, 0) is 36.9 Å². The fourth-order valence-electron chi connectivity index (χ4n) is 4.38. The number of nitrogen functional groups attached to an aromatic ring is 1. The number of fused-ring (bicyclic) bond motifs is 2. The molecule has 11 heteroatoms. The number of ether oxygens (including phenoxy) is 1. The average Bonchev–Trinajstić information content (AvgIpc) is 2.77. The van der Waals surface area contributed by atoms with Crippen LogP contribution >= 0.6 is 0 Å². The SMILES string of the molecule is CC(=O)N1CC(C)(NC(=O)Nc2cc3cc(-c4cnc5c(c4C)NCCO5)nc(N)c3cn2)C1. The summed E-state index contributed by atoms with van der Waals surface area (Å²) in [5.74, 6) is 1.28. The molecule has 176 valence electrons. The van der Waals surface area contributed by atoms with Crippen molar-refractivity contribution in [3.63, 3.8) is 0 Å². The summed E-state index contributed by atoms with van der Waals surface area (Å²) in [6, 6.07) is 3.26. The molecule has 5 heterocycles. The third kappa shape index (κ3) is 3.89. The highest BCUT2D eigenvalue weighted by Gasteiger charge is 2.41. The number of carbonyl (C=O) groups excluding carboxylic acids is 2. The topological polar surface area (TPSA) is 147 Å². The molecular weight excluding hydrogens is 436 g/mol. The number of pyridine rings is 3. The van der Waals surface area contributed by atoms with Crippen molar-refractivity contribution in [3.8, 4) is 17.1 Å². The van der Waals surface area contributed by atoms with Crippen LogP contribution in [0.1, 0.15) is 19.4 Å². The van der Waals surface area contributed by atoms with Crippen LogP contribution in [0.5, 0.6) is 5.88 Å². The highest BCUT2D eigenvalue weighted by atomic mass is 16.5. The summed E-state index contributed by atoms with van der Waals surface area (Å²) in [5, 5.41) is 10.5. The molecule has 3 aromatic rings. The Labute approximate surface area is 196 Å². The van der Waals surface area contributed by atoms with Crippen LogP contribution in [0.2, 0.25) is 0 Å². The van der Waals surface area contributed by atoms with Crippen molar-refractivity contribution in [2.24, 2.45) is 0 Å². The molecule has 0 aliphatic carbocycles. The van der Waals surface area contributed by atoms with Gasteiger partial charge in [0.1, 0.15) is 23.9 Å². The lowest BCUT2D eigenvalue weighted by Crippen LogP contribution is -2.69. The number of hydrogen-bond donors (Lipinski definition) is 4. The largest absolute Gasteiger partial charge is 0.474 e. The molecule has 0 aromatic carbocycles. The van der Waals surface area contributed by atoms with Crippen molar-refractivity contribution in [1.29, 1.82) is 0 Å². The minimum absolute atomic E-state index is 0.00875. The van der Waals surface area contributed by atoms with E-state index < -0.39 is 5.54 Å². The van der Waals surface area contributed by atoms with Gasteiger partial charge in [-0.15, -0.1) is 0 Å². The minimum Gasteiger partial charge on any atom is -0.474 e. The molecule has 0 radical (unpaired) electrons. The lowest BCUT2D eigenvalue weighted by atomic mass is 9.92. The van der Waals surface area contributed by atoms with Crippen molar-refractivity contribution in [1.82, 2.24) is 25.2 Å². The van der Waals surface area contributed by atoms with E-state index in [-0.39, 0.29) is 11.9 Å². The molecular formula is C23H26N8O3. The van der Waals surface area contributed by atoms with Gasteiger partial charge in [0.25, 0.3) is 0 Å². The number of amides is 3. The summed E-state index contributed by atoms with van der Waals surface area (Å²) >= 11 is 0. The van der Waals surface area contributed by atoms with Gasteiger partial charge in [0.05, 0.1) is 11.2 Å². The Morgan fingerprint density at radius 1 is 1.24 bits per heavy atom. The van der Waals surface area contributed by atoms with E-state index in [1.54, 1.807) is 23.4 Å². The van der Waals surface area contributed by atoms with Gasteiger partial charge >= 0.3 is 6.03 Å². The number of nitrogens with zero attached hydrogens (tertiary/aromatic N) is 4. The van der Waals surface area contributed by atoms with Gasteiger partial charge in [-0.2, -0.15) is 0 Å². The van der Waals surface area contributed by atoms with E-state index in [1.165, 1.54) is 6.92 Å². The van der Waals surface area contributed by atoms with Gasteiger partial charge in [-0.1, -0.05) is 0 Å². The molecule has 0 saturated carbocycles. The predicted molar refractivity (Wildman–Crippen MR) is 129 cm³/mol. The van der Waals surface area contributed by atoms with Gasteiger partial charge in [-0.3, -0.25) is 10.1 Å². The molecule has 0 atom stereocenters. The summed E-state index contributed by atoms with van der Waals surface area (Å²) in [4.78, 5) is 38.9. The van der Waals surface area contributed by atoms with Crippen LogP contribution in [0.15, 0.2) is 24.5 Å². The Hall–Kier alpha value is -4.15. The average molecular weight is 463 g/mol. The molecule has 0 spiro atoms. The molecule has 5 rings (SSSR count). The van der Waals surface area contributed by atoms with Gasteiger partial charge in [0.15, 0.2) is 0 Å². The van der Waals surface area contributed by atoms with Gasteiger partial charge in [0, 0.05) is 49.9 Å². The second-order valence-electron chi connectivity index (χ2n) is 8.95. The smallest absolute Gasteiger partial charge is 0.320 e. The molecule has 2 aliphatic rings. The number of aromatic nitrogens is 3. The molecule has 0 unspecified atom stereocenters. The molecule has 1 saturated heterocycles. The number of urea groups is 1. The van der Waals surface area contributed by atoms with Gasteiger partial charge in [-0.25, -0.2) is 19.7 Å². The minimum atomic E-state index is -0.469. The first-order valence-electron chi connectivity index (χ1n) is 11.0. The fraction of sp³-hybridized carbons (Fsp3) is 0.348. The maximum Gasteiger partial charge on any atom is 0.320 e. The lowest BCUT2D eigenvalue weighted by molar-refractivity contribution is -0.136. The number of hydrogen-bond acceptors (Lipinski definition) is 8. The zero-order chi connectivity index (χ0) is 24.0. The van der Waals surface area contributed by atoms with E-state index in [1.807, 2.05) is 19.9 Å². The third-order valence-electron chi connectivity index (χ3n) is 6.15. The van der Waals surface area contributed by atoms with Gasteiger partial charge in [0.2, 0.25) is 11.8 Å². The summed E-state index contributed by atoms with van der Waals surface area (Å²) in [7, 11) is 0. The summed E-state index contributed by atoms with van der Waals surface area (Å²) in [6.07, 6.45) is 3.32. The molecule has 3 aromatic heterocycles. The quantitative estimate of drug-likeness (QED) is 0.463. The van der Waals surface area contributed by atoms with Crippen LogP contribution in [-0.2, 0) is 4.79 Å². The monoisotopic (exact) mass is 462 g/mol. The van der Waals surface area contributed by atoms with Crippen LogP contribution < -0.4 is 26.4 Å². The van der Waals surface area contributed by atoms with Crippen molar-refractivity contribution in [3.05, 3.63) is 30.1 Å². The van der Waals surface area contributed by atoms with Crippen LogP contribution in [-0.4, -0.2) is 63.6 Å². The highest BCUT2D eigenvalue weighted by molar-refractivity contribution is 5.97. The van der Waals surface area contributed by atoms with Crippen LogP contribution in [0.3, 0.4) is 0 Å². The summed E-state index contributed by atoms with van der Waals surface area (Å²) < 4.78 is 5.61. The summed E-state index contributed by atoms with van der Waals surface area (Å²) in [5.41, 5.74) is 9.09. The number of carbonyl (C=O) groups is 2. The van der Waals surface area contributed by atoms with E-state index in [0.29, 0.717) is 54.8 Å². The summed E-state index contributed by atoms with van der Waals surface area (Å²) in [6.45, 7) is 7.62. The van der Waals surface area contributed by atoms with Crippen molar-refractivity contribution < 1.29 is 14.3 Å². The van der Waals surface area contributed by atoms with Gasteiger partial charge < -0.3 is 26.0 Å². The Bertz CT molecular complexity index is 1320. The van der Waals surface area contributed by atoms with Crippen LogP contribution in [0.25, 0.3) is 22.0 Å². The first kappa shape index (κ1) is 21.7. The van der Waals surface area contributed by atoms with Crippen molar-refractivity contribution >= 4 is 40.0 Å². The van der Waals surface area contributed by atoms with E-state index >= 15 is 0 Å². The highest BCUT2D eigenvalue weighted by Crippen LogP contribution is 2.36. The second kappa shape index (κ2) is 8.01. The molecule has 11 nitrogen and oxygen atoms in total. The standard InChI is InChI=1S/C23H26N8O3/c1-12-15(8-27-21-19(12)25-4-5-34-21)17-6-14-7-18(26-9-16(14)20(24)28-17)29-22(33)30-23(3)10-31(11-23)13(2)32/h6-9,25H,4-5,10-11H2,1-3H3,(H2,24,28)(H2,26,29,30,33). The van der Waals surface area contributed by atoms with Crippen molar-refractivity contribution in [2.45, 2.75) is 26.3 Å².